The van der Waals surface area contributed by atoms with Crippen molar-refractivity contribution in [2.75, 3.05) is 0 Å². The Labute approximate surface area is 59.9 Å². The molecule has 0 aliphatic heterocycles. The molecule has 0 aromatic heterocycles. The topological polar surface area (TPSA) is 74.6 Å². The van der Waals surface area contributed by atoms with Gasteiger partial charge < -0.3 is 5.11 Å². The zero-order valence-corrected chi connectivity index (χ0v) is 6.43. The van der Waals surface area contributed by atoms with Crippen molar-refractivity contribution in [2.24, 2.45) is 0 Å². The van der Waals surface area contributed by atoms with Gasteiger partial charge in [0.15, 0.2) is 0 Å². The molecule has 0 aromatic carbocycles. The molecule has 10 heavy (non-hydrogen) atoms. The van der Waals surface area contributed by atoms with Gasteiger partial charge in [-0.25, -0.2) is 0 Å². The molecule has 0 fully saturated rings. The highest BCUT2D eigenvalue weighted by Gasteiger charge is 2.35. The van der Waals surface area contributed by atoms with Crippen molar-refractivity contribution in [1.82, 2.24) is 0 Å². The maximum atomic E-state index is 10.3. The van der Waals surface area contributed by atoms with E-state index in [1.165, 1.54) is 6.92 Å². The zero-order valence-electron chi connectivity index (χ0n) is 5.61. The van der Waals surface area contributed by atoms with Gasteiger partial charge in [-0.3, -0.25) is 4.55 Å². The fourth-order valence-corrected chi connectivity index (χ4v) is 1.01. The molecule has 0 saturated carbocycles. The second-order valence-corrected chi connectivity index (χ2v) is 3.53. The van der Waals surface area contributed by atoms with E-state index >= 15 is 0 Å². The van der Waals surface area contributed by atoms with Crippen LogP contribution in [0, 0.1) is 0 Å². The van der Waals surface area contributed by atoms with Gasteiger partial charge in [-0.1, -0.05) is 13.5 Å². The van der Waals surface area contributed by atoms with Crippen molar-refractivity contribution >= 4 is 10.1 Å². The van der Waals surface area contributed by atoms with E-state index in [0.717, 1.165) is 6.08 Å². The normalized spacial score (nSPS) is 17.9. The summed E-state index contributed by atoms with van der Waals surface area (Å²) in [7, 11) is -4.43. The molecule has 0 aliphatic rings. The summed E-state index contributed by atoms with van der Waals surface area (Å²) >= 11 is 0. The van der Waals surface area contributed by atoms with E-state index in [-0.39, 0.29) is 6.42 Å². The highest BCUT2D eigenvalue weighted by Crippen LogP contribution is 2.17. The van der Waals surface area contributed by atoms with Crippen LogP contribution in [-0.4, -0.2) is 23.0 Å². The van der Waals surface area contributed by atoms with Gasteiger partial charge in [-0.05, 0) is 12.5 Å². The van der Waals surface area contributed by atoms with E-state index in [2.05, 4.69) is 6.58 Å². The molecule has 1 unspecified atom stereocenters. The molecule has 2 N–H and O–H groups in total. The third-order valence-electron chi connectivity index (χ3n) is 1.27. The molecule has 0 spiro atoms. The molecule has 4 nitrogen and oxygen atoms in total. The number of aliphatic hydroxyl groups is 1. The largest absolute Gasteiger partial charge is 0.369 e. The Morgan fingerprint density at radius 2 is 2.10 bits per heavy atom. The molecular weight excluding hydrogens is 156 g/mol. The lowest BCUT2D eigenvalue weighted by Crippen LogP contribution is -2.34. The minimum atomic E-state index is -4.43. The molecule has 0 heterocycles. The third-order valence-corrected chi connectivity index (χ3v) is 2.62. The summed E-state index contributed by atoms with van der Waals surface area (Å²) in [6, 6.07) is 0. The summed E-state index contributed by atoms with van der Waals surface area (Å²) in [6.07, 6.45) is 0.678. The zero-order chi connectivity index (χ0) is 8.41. The quantitative estimate of drug-likeness (QED) is 0.462. The Hall–Kier alpha value is -0.390. The second kappa shape index (κ2) is 2.69. The van der Waals surface area contributed by atoms with Crippen molar-refractivity contribution in [3.8, 4) is 0 Å². The lowest BCUT2D eigenvalue weighted by molar-refractivity contribution is 0.157. The molecule has 0 saturated heterocycles. The Balaban J connectivity index is 4.86. The van der Waals surface area contributed by atoms with Gasteiger partial charge in [0.2, 0.25) is 4.93 Å². The van der Waals surface area contributed by atoms with E-state index in [9.17, 15) is 8.42 Å². The van der Waals surface area contributed by atoms with Crippen LogP contribution < -0.4 is 0 Å². The number of hydrogen-bond donors (Lipinski definition) is 2. The van der Waals surface area contributed by atoms with Crippen LogP contribution in [0.2, 0.25) is 0 Å². The fraction of sp³-hybridized carbons (Fsp3) is 0.600. The van der Waals surface area contributed by atoms with Crippen LogP contribution in [0.1, 0.15) is 13.3 Å². The van der Waals surface area contributed by atoms with Crippen molar-refractivity contribution in [1.29, 1.82) is 0 Å². The Morgan fingerprint density at radius 3 is 2.10 bits per heavy atom. The smallest absolute Gasteiger partial charge is 0.298 e. The second-order valence-electron chi connectivity index (χ2n) is 1.88. The summed E-state index contributed by atoms with van der Waals surface area (Å²) in [4.78, 5) is -2.19. The summed E-state index contributed by atoms with van der Waals surface area (Å²) in [5, 5.41) is 9.01. The van der Waals surface area contributed by atoms with Crippen LogP contribution in [0.25, 0.3) is 0 Å². The van der Waals surface area contributed by atoms with Crippen LogP contribution in [0.3, 0.4) is 0 Å². The fourth-order valence-electron chi connectivity index (χ4n) is 0.432. The molecule has 0 bridgehead atoms. The van der Waals surface area contributed by atoms with Gasteiger partial charge in [-0.15, -0.1) is 0 Å². The summed E-state index contributed by atoms with van der Waals surface area (Å²) in [6.45, 7) is 4.51. The molecular formula is C5H10O4S. The van der Waals surface area contributed by atoms with Gasteiger partial charge in [0.05, 0.1) is 0 Å². The predicted octanol–water partition coefficient (Wildman–Crippen LogP) is 0.159. The molecule has 0 aliphatic carbocycles. The van der Waals surface area contributed by atoms with Crippen molar-refractivity contribution in [3.63, 3.8) is 0 Å². The monoisotopic (exact) mass is 166 g/mol. The molecule has 0 rings (SSSR count). The molecule has 0 amide bonds. The van der Waals surface area contributed by atoms with Gasteiger partial charge in [0.1, 0.15) is 0 Å². The molecule has 0 aromatic rings. The maximum Gasteiger partial charge on any atom is 0.298 e. The number of rotatable bonds is 3. The molecule has 5 heteroatoms. The minimum Gasteiger partial charge on any atom is -0.369 e. The first-order valence-electron chi connectivity index (χ1n) is 2.70. The first-order valence-corrected chi connectivity index (χ1v) is 4.14. The minimum absolute atomic E-state index is 0.116. The highest BCUT2D eigenvalue weighted by atomic mass is 32.2. The van der Waals surface area contributed by atoms with Gasteiger partial charge in [0, 0.05) is 0 Å². The Morgan fingerprint density at radius 1 is 1.70 bits per heavy atom. The van der Waals surface area contributed by atoms with Gasteiger partial charge in [0.25, 0.3) is 10.1 Å². The average Bonchev–Trinajstić information content (AvgIpc) is 1.84. The first kappa shape index (κ1) is 9.61. The lowest BCUT2D eigenvalue weighted by atomic mass is 10.3. The molecule has 1 atom stereocenters. The molecule has 0 radical (unpaired) electrons. The predicted molar refractivity (Wildman–Crippen MR) is 37.0 cm³/mol. The average molecular weight is 166 g/mol. The lowest BCUT2D eigenvalue weighted by Gasteiger charge is -2.17. The van der Waals surface area contributed by atoms with Crippen molar-refractivity contribution in [2.45, 2.75) is 18.3 Å². The van der Waals surface area contributed by atoms with Crippen LogP contribution in [-0.2, 0) is 10.1 Å². The first-order chi connectivity index (χ1) is 4.37. The van der Waals surface area contributed by atoms with Crippen molar-refractivity contribution < 1.29 is 18.1 Å². The summed E-state index contributed by atoms with van der Waals surface area (Å²) < 4.78 is 29.1. The van der Waals surface area contributed by atoms with E-state index in [1.807, 2.05) is 0 Å². The summed E-state index contributed by atoms with van der Waals surface area (Å²) in [5.41, 5.74) is 0. The van der Waals surface area contributed by atoms with Crippen LogP contribution in [0.5, 0.6) is 0 Å². The van der Waals surface area contributed by atoms with Gasteiger partial charge >= 0.3 is 0 Å². The van der Waals surface area contributed by atoms with Crippen LogP contribution in [0.15, 0.2) is 12.7 Å². The highest BCUT2D eigenvalue weighted by molar-refractivity contribution is 7.87. The number of hydrogen-bond acceptors (Lipinski definition) is 3. The Bertz CT molecular complexity index is 218. The SMILES string of the molecule is C=CC(O)(CC)S(=O)(=O)O. The van der Waals surface area contributed by atoms with Gasteiger partial charge in [-0.2, -0.15) is 8.42 Å². The van der Waals surface area contributed by atoms with E-state index < -0.39 is 15.1 Å². The molecule has 60 valence electrons. The van der Waals surface area contributed by atoms with Crippen LogP contribution >= 0.6 is 0 Å². The summed E-state index contributed by atoms with van der Waals surface area (Å²) in [5.74, 6) is 0. The van der Waals surface area contributed by atoms with E-state index in [4.69, 9.17) is 9.66 Å². The standard InChI is InChI=1S/C5H10O4S/c1-3-5(6,4-2)10(7,8)9/h3,6H,1,4H2,2H3,(H,7,8,9). The van der Waals surface area contributed by atoms with E-state index in [0.29, 0.717) is 0 Å². The van der Waals surface area contributed by atoms with Crippen molar-refractivity contribution in [3.05, 3.63) is 12.7 Å². The van der Waals surface area contributed by atoms with E-state index in [1.54, 1.807) is 0 Å². The van der Waals surface area contributed by atoms with Crippen LogP contribution in [0.4, 0.5) is 0 Å². The maximum absolute atomic E-state index is 10.3. The Kier molecular flexibility index (Phi) is 2.59. The third kappa shape index (κ3) is 1.56.